The minimum atomic E-state index is 0. The Balaban J connectivity index is 0.00000144. The Hall–Kier alpha value is -1.31. The van der Waals surface area contributed by atoms with E-state index in [1.54, 1.807) is 22.3 Å². The second-order valence-corrected chi connectivity index (χ2v) is 6.55. The molecule has 2 bridgehead atoms. The van der Waals surface area contributed by atoms with Crippen LogP contribution in [0.5, 0.6) is 0 Å². The van der Waals surface area contributed by atoms with Crippen molar-refractivity contribution in [3.63, 3.8) is 0 Å². The lowest BCUT2D eigenvalue weighted by atomic mass is 9.54. The molecule has 0 fully saturated rings. The molecule has 2 aromatic rings. The summed E-state index contributed by atoms with van der Waals surface area (Å²) in [5.41, 5.74) is 6.66. The van der Waals surface area contributed by atoms with E-state index in [1.165, 1.54) is 25.7 Å². The third kappa shape index (κ3) is 2.11. The zero-order valence-electron chi connectivity index (χ0n) is 13.1. The molecule has 0 saturated heterocycles. The maximum absolute atomic E-state index is 3.31. The van der Waals surface area contributed by atoms with Gasteiger partial charge in [-0.25, -0.2) is 0 Å². The zero-order valence-corrected chi connectivity index (χ0v) is 14.0. The molecule has 2 heteroatoms. The van der Waals surface area contributed by atoms with E-state index < -0.39 is 0 Å². The fourth-order valence-corrected chi connectivity index (χ4v) is 4.72. The third-order valence-electron chi connectivity index (χ3n) is 5.59. The van der Waals surface area contributed by atoms with Crippen molar-refractivity contribution in [2.75, 3.05) is 13.6 Å². The first-order valence-corrected chi connectivity index (χ1v) is 8.20. The molecule has 1 N–H and O–H groups in total. The minimum Gasteiger partial charge on any atom is -0.320 e. The Morgan fingerprint density at radius 2 is 1.59 bits per heavy atom. The van der Waals surface area contributed by atoms with Crippen LogP contribution in [-0.4, -0.2) is 13.6 Å². The molecule has 0 saturated carbocycles. The molecule has 0 unspecified atom stereocenters. The molecule has 22 heavy (non-hydrogen) atoms. The summed E-state index contributed by atoms with van der Waals surface area (Å²) in [5.74, 6) is 0.628. The van der Waals surface area contributed by atoms with Crippen molar-refractivity contribution < 1.29 is 0 Å². The van der Waals surface area contributed by atoms with Gasteiger partial charge in [0.15, 0.2) is 0 Å². The number of benzene rings is 2. The summed E-state index contributed by atoms with van der Waals surface area (Å²) in [6, 6.07) is 18.4. The summed E-state index contributed by atoms with van der Waals surface area (Å²) >= 11 is 0. The summed E-state index contributed by atoms with van der Waals surface area (Å²) in [7, 11) is 2.05. The monoisotopic (exact) mass is 313 g/mol. The van der Waals surface area contributed by atoms with E-state index in [-0.39, 0.29) is 17.8 Å². The first kappa shape index (κ1) is 15.6. The van der Waals surface area contributed by atoms with Crippen LogP contribution in [0, 0.1) is 0 Å². The van der Waals surface area contributed by atoms with Gasteiger partial charge in [0.05, 0.1) is 0 Å². The number of halogens is 1. The number of hydrogen-bond donors (Lipinski definition) is 1. The van der Waals surface area contributed by atoms with Crippen molar-refractivity contribution >= 4 is 12.4 Å². The fourth-order valence-electron chi connectivity index (χ4n) is 4.72. The van der Waals surface area contributed by atoms with E-state index >= 15 is 0 Å². The van der Waals surface area contributed by atoms with Crippen LogP contribution in [0.25, 0.3) is 0 Å². The molecular formula is C20H24ClN. The summed E-state index contributed by atoms with van der Waals surface area (Å²) < 4.78 is 0. The lowest BCUT2D eigenvalue weighted by molar-refractivity contribution is 0.341. The Bertz CT molecular complexity index is 617. The van der Waals surface area contributed by atoms with E-state index in [9.17, 15) is 0 Å². The summed E-state index contributed by atoms with van der Waals surface area (Å²) in [6.45, 7) is 1.11. The standard InChI is InChI=1S/C20H23N.ClH/c1-21-14-6-12-20-13-11-15(16-7-2-4-9-18(16)20)17-8-3-5-10-19(17)20;/h2-5,7-10,15,21H,6,11-14H2,1H3;1H. The molecule has 0 spiro atoms. The molecule has 5 rings (SSSR count). The number of hydrogen-bond acceptors (Lipinski definition) is 1. The molecule has 0 amide bonds. The average Bonchev–Trinajstić information content (AvgIpc) is 2.56. The molecule has 116 valence electrons. The SMILES string of the molecule is CNCCCC12CCC(c3ccccc31)c1ccccc12.Cl. The van der Waals surface area contributed by atoms with E-state index in [0.29, 0.717) is 5.92 Å². The zero-order chi connectivity index (χ0) is 14.3. The van der Waals surface area contributed by atoms with Crippen molar-refractivity contribution in [1.29, 1.82) is 0 Å². The van der Waals surface area contributed by atoms with E-state index in [4.69, 9.17) is 0 Å². The third-order valence-corrected chi connectivity index (χ3v) is 5.59. The fraction of sp³-hybridized carbons (Fsp3) is 0.400. The average molecular weight is 314 g/mol. The second-order valence-electron chi connectivity index (χ2n) is 6.55. The van der Waals surface area contributed by atoms with Gasteiger partial charge in [0.2, 0.25) is 0 Å². The summed E-state index contributed by atoms with van der Waals surface area (Å²) in [4.78, 5) is 0. The minimum absolute atomic E-state index is 0. The van der Waals surface area contributed by atoms with Gasteiger partial charge in [-0.3, -0.25) is 0 Å². The lowest BCUT2D eigenvalue weighted by Crippen LogP contribution is -2.40. The molecule has 0 atom stereocenters. The van der Waals surface area contributed by atoms with Crippen molar-refractivity contribution in [3.05, 3.63) is 70.8 Å². The topological polar surface area (TPSA) is 12.0 Å². The molecular weight excluding hydrogens is 290 g/mol. The van der Waals surface area contributed by atoms with Gasteiger partial charge in [0.1, 0.15) is 0 Å². The van der Waals surface area contributed by atoms with E-state index in [0.717, 1.165) is 6.54 Å². The second kappa shape index (κ2) is 6.06. The van der Waals surface area contributed by atoms with Gasteiger partial charge >= 0.3 is 0 Å². The van der Waals surface area contributed by atoms with Crippen LogP contribution in [0.1, 0.15) is 53.9 Å². The number of fused-ring (bicyclic) bond motifs is 1. The quantitative estimate of drug-likeness (QED) is 0.811. The molecule has 3 aliphatic rings. The van der Waals surface area contributed by atoms with Crippen LogP contribution >= 0.6 is 12.4 Å². The molecule has 0 aromatic heterocycles. The first-order chi connectivity index (χ1) is 10.4. The van der Waals surface area contributed by atoms with Crippen molar-refractivity contribution in [2.45, 2.75) is 37.0 Å². The van der Waals surface area contributed by atoms with Gasteiger partial charge in [-0.1, -0.05) is 48.5 Å². The Morgan fingerprint density at radius 1 is 1.00 bits per heavy atom. The summed E-state index contributed by atoms with van der Waals surface area (Å²) in [6.07, 6.45) is 5.13. The predicted octanol–water partition coefficient (Wildman–Crippen LogP) is 4.63. The molecule has 3 aliphatic carbocycles. The maximum Gasteiger partial charge on any atom is 0.0209 e. The first-order valence-electron chi connectivity index (χ1n) is 8.20. The Morgan fingerprint density at radius 3 is 2.18 bits per heavy atom. The Kier molecular flexibility index (Phi) is 4.29. The van der Waals surface area contributed by atoms with Crippen LogP contribution in [0.15, 0.2) is 48.5 Å². The summed E-state index contributed by atoms with van der Waals surface area (Å²) in [5, 5.41) is 3.31. The molecule has 2 aromatic carbocycles. The normalized spacial score (nSPS) is 24.3. The highest BCUT2D eigenvalue weighted by Gasteiger charge is 2.47. The highest BCUT2D eigenvalue weighted by Crippen LogP contribution is 2.57. The highest BCUT2D eigenvalue weighted by atomic mass is 35.5. The molecule has 1 nitrogen and oxygen atoms in total. The van der Waals surface area contributed by atoms with Gasteiger partial charge in [-0.2, -0.15) is 0 Å². The largest absolute Gasteiger partial charge is 0.320 e. The molecule has 0 aliphatic heterocycles. The van der Waals surface area contributed by atoms with E-state index in [2.05, 4.69) is 60.9 Å². The smallest absolute Gasteiger partial charge is 0.0209 e. The van der Waals surface area contributed by atoms with Gasteiger partial charge in [0, 0.05) is 11.3 Å². The van der Waals surface area contributed by atoms with Crippen molar-refractivity contribution in [2.24, 2.45) is 0 Å². The van der Waals surface area contributed by atoms with Crippen LogP contribution in [0.2, 0.25) is 0 Å². The Labute approximate surface area is 139 Å². The van der Waals surface area contributed by atoms with Crippen LogP contribution in [0.4, 0.5) is 0 Å². The lowest BCUT2D eigenvalue weighted by Gasteiger charge is -2.50. The molecule has 0 heterocycles. The van der Waals surface area contributed by atoms with Crippen LogP contribution in [-0.2, 0) is 5.41 Å². The van der Waals surface area contributed by atoms with Gasteiger partial charge in [-0.05, 0) is 61.5 Å². The predicted molar refractivity (Wildman–Crippen MR) is 95.1 cm³/mol. The van der Waals surface area contributed by atoms with Crippen molar-refractivity contribution in [1.82, 2.24) is 5.32 Å². The molecule has 0 radical (unpaired) electrons. The van der Waals surface area contributed by atoms with Crippen LogP contribution in [0.3, 0.4) is 0 Å². The number of nitrogens with one attached hydrogen (secondary N) is 1. The van der Waals surface area contributed by atoms with Gasteiger partial charge in [-0.15, -0.1) is 12.4 Å². The maximum atomic E-state index is 3.31. The van der Waals surface area contributed by atoms with E-state index in [1.807, 2.05) is 0 Å². The van der Waals surface area contributed by atoms with Gasteiger partial charge < -0.3 is 5.32 Å². The van der Waals surface area contributed by atoms with Crippen LogP contribution < -0.4 is 5.32 Å². The van der Waals surface area contributed by atoms with Crippen molar-refractivity contribution in [3.8, 4) is 0 Å². The van der Waals surface area contributed by atoms with Gasteiger partial charge in [0.25, 0.3) is 0 Å². The highest BCUT2D eigenvalue weighted by molar-refractivity contribution is 5.85. The number of rotatable bonds is 4.